The third-order valence-electron chi connectivity index (χ3n) is 14.6. The predicted octanol–water partition coefficient (Wildman–Crippen LogP) is 12.4. The van der Waals surface area contributed by atoms with E-state index in [2.05, 4.69) is 31.3 Å². The van der Waals surface area contributed by atoms with E-state index in [1.807, 2.05) is 0 Å². The van der Waals surface area contributed by atoms with Crippen LogP contribution in [0.5, 0.6) is 0 Å². The number of allylic oxidation sites excluding steroid dienone is 2. The van der Waals surface area contributed by atoms with Crippen molar-refractivity contribution in [2.45, 2.75) is 339 Å². The highest BCUT2D eigenvalue weighted by molar-refractivity contribution is 5.80. The molecule has 1 rings (SSSR count). The molecule has 1 saturated heterocycles. The molecule has 8 N–H and O–H groups in total. The van der Waals surface area contributed by atoms with Crippen LogP contribution in [0, 0.1) is 0 Å². The van der Waals surface area contributed by atoms with Crippen molar-refractivity contribution in [3.8, 4) is 0 Å². The minimum Gasteiger partial charge on any atom is -0.394 e. The molecule has 9 atom stereocenters. The van der Waals surface area contributed by atoms with Crippen molar-refractivity contribution in [1.82, 2.24) is 5.32 Å². The van der Waals surface area contributed by atoms with Gasteiger partial charge < -0.3 is 50.5 Å². The first-order valence-electron chi connectivity index (χ1n) is 29.6. The fourth-order valence-electron chi connectivity index (χ4n) is 9.73. The van der Waals surface area contributed by atoms with E-state index < -0.39 is 74.2 Å². The molecule has 69 heavy (non-hydrogen) atoms. The Kier molecular flexibility index (Phi) is 45.7. The molecule has 9 unspecified atom stereocenters. The highest BCUT2D eigenvalue weighted by atomic mass is 16.7. The van der Waals surface area contributed by atoms with E-state index in [4.69, 9.17) is 9.47 Å². The van der Waals surface area contributed by atoms with Gasteiger partial charge in [-0.2, -0.15) is 0 Å². The molecule has 1 amide bonds. The summed E-state index contributed by atoms with van der Waals surface area (Å²) in [6.45, 7) is 3.49. The molecule has 11 heteroatoms. The molecule has 1 heterocycles. The minimum absolute atomic E-state index is 0.258. The van der Waals surface area contributed by atoms with Crippen LogP contribution >= 0.6 is 0 Å². The quantitative estimate of drug-likeness (QED) is 0.0215. The lowest BCUT2D eigenvalue weighted by molar-refractivity contribution is -0.303. The lowest BCUT2D eigenvalue weighted by Gasteiger charge is -2.40. The number of hydrogen-bond acceptors (Lipinski definition) is 10. The smallest absolute Gasteiger partial charge is 0.249 e. The summed E-state index contributed by atoms with van der Waals surface area (Å²) in [5.74, 6) is -0.695. The maximum Gasteiger partial charge on any atom is 0.249 e. The van der Waals surface area contributed by atoms with Gasteiger partial charge >= 0.3 is 0 Å². The molecule has 1 fully saturated rings. The van der Waals surface area contributed by atoms with Gasteiger partial charge in [0, 0.05) is 0 Å². The van der Waals surface area contributed by atoms with Gasteiger partial charge in [0.25, 0.3) is 0 Å². The number of rotatable bonds is 51. The second kappa shape index (κ2) is 47.8. The predicted molar refractivity (Wildman–Crippen MR) is 284 cm³/mol. The Balaban J connectivity index is 2.30. The molecule has 0 radical (unpaired) electrons. The Morgan fingerprint density at radius 2 is 0.841 bits per heavy atom. The van der Waals surface area contributed by atoms with Crippen molar-refractivity contribution < 1.29 is 50.0 Å². The van der Waals surface area contributed by atoms with E-state index in [-0.39, 0.29) is 6.42 Å². The average Bonchev–Trinajstić information content (AvgIpc) is 3.35. The normalized spacial score (nSPS) is 20.4. The molecule has 0 bridgehead atoms. The average molecular weight is 985 g/mol. The van der Waals surface area contributed by atoms with Crippen molar-refractivity contribution in [1.29, 1.82) is 0 Å². The summed E-state index contributed by atoms with van der Waals surface area (Å²) in [5.41, 5.74) is 0. The van der Waals surface area contributed by atoms with Crippen LogP contribution in [0.1, 0.15) is 284 Å². The molecular weight excluding hydrogens is 871 g/mol. The Bertz CT molecular complexity index is 1130. The van der Waals surface area contributed by atoms with Crippen molar-refractivity contribution >= 4 is 5.91 Å². The zero-order chi connectivity index (χ0) is 50.4. The van der Waals surface area contributed by atoms with E-state index >= 15 is 0 Å². The lowest BCUT2D eigenvalue weighted by atomic mass is 9.98. The Labute approximate surface area is 423 Å². The number of aliphatic hydroxyl groups excluding tert-OH is 7. The third kappa shape index (κ3) is 36.4. The van der Waals surface area contributed by atoms with E-state index in [1.165, 1.54) is 199 Å². The molecule has 0 aliphatic carbocycles. The van der Waals surface area contributed by atoms with Crippen LogP contribution in [-0.4, -0.2) is 110 Å². The topological polar surface area (TPSA) is 189 Å². The molecule has 1 aliphatic rings. The SMILES string of the molecule is CCCCCCCCCCCCCC/C=C\CCCCCCCCCC(O)C(=O)NC(COC1OC(CO)C(O)C(O)C1O)C(O)C(O)CCCCCCCCCCCCCCCCCCCCC. The standard InChI is InChI=1S/C58H113NO10/c1-3-5-7-9-11-13-15-17-19-21-23-24-25-26-28-30-32-34-36-38-40-42-44-46-51(62)57(67)59-49(48-68-58-56(66)55(65)54(64)52(47-60)69-58)53(63)50(61)45-43-41-39-37-35-33-31-29-27-22-20-18-16-14-12-10-8-6-4-2/h26,28,49-56,58,60-66H,3-25,27,29-48H2,1-2H3,(H,59,67)/b28-26-. The van der Waals surface area contributed by atoms with Gasteiger partial charge in [0.05, 0.1) is 25.4 Å². The molecule has 0 spiro atoms. The van der Waals surface area contributed by atoms with Gasteiger partial charge in [0.2, 0.25) is 5.91 Å². The Morgan fingerprint density at radius 3 is 1.22 bits per heavy atom. The van der Waals surface area contributed by atoms with Crippen molar-refractivity contribution in [3.63, 3.8) is 0 Å². The first-order chi connectivity index (χ1) is 33.7. The third-order valence-corrected chi connectivity index (χ3v) is 14.6. The summed E-state index contributed by atoms with van der Waals surface area (Å²) < 4.78 is 11.2. The van der Waals surface area contributed by atoms with Gasteiger partial charge in [-0.3, -0.25) is 4.79 Å². The van der Waals surface area contributed by atoms with Gasteiger partial charge in [0.1, 0.15) is 36.6 Å². The number of nitrogens with one attached hydrogen (secondary N) is 1. The molecule has 1 aliphatic heterocycles. The molecular formula is C58H113NO10. The molecule has 0 saturated carbocycles. The largest absolute Gasteiger partial charge is 0.394 e. The Morgan fingerprint density at radius 1 is 0.493 bits per heavy atom. The maximum atomic E-state index is 13.2. The summed E-state index contributed by atoms with van der Waals surface area (Å²) in [6, 6.07) is -1.17. The van der Waals surface area contributed by atoms with E-state index in [9.17, 15) is 40.5 Å². The summed E-state index contributed by atoms with van der Waals surface area (Å²) in [5, 5.41) is 76.2. The molecule has 0 aromatic rings. The monoisotopic (exact) mass is 984 g/mol. The zero-order valence-corrected chi connectivity index (χ0v) is 44.8. The van der Waals surface area contributed by atoms with Crippen LogP contribution in [0.3, 0.4) is 0 Å². The van der Waals surface area contributed by atoms with E-state index in [0.717, 1.165) is 44.9 Å². The summed E-state index contributed by atoms with van der Waals surface area (Å²) in [7, 11) is 0. The highest BCUT2D eigenvalue weighted by Gasteiger charge is 2.44. The van der Waals surface area contributed by atoms with Gasteiger partial charge in [-0.25, -0.2) is 0 Å². The summed E-state index contributed by atoms with van der Waals surface area (Å²) in [6.07, 6.45) is 44.0. The molecule has 410 valence electrons. The first kappa shape index (κ1) is 65.9. The second-order valence-electron chi connectivity index (χ2n) is 21.1. The first-order valence-corrected chi connectivity index (χ1v) is 29.6. The fourth-order valence-corrected chi connectivity index (χ4v) is 9.73. The van der Waals surface area contributed by atoms with Gasteiger partial charge in [-0.05, 0) is 38.5 Å². The van der Waals surface area contributed by atoms with Gasteiger partial charge in [-0.15, -0.1) is 0 Å². The number of ether oxygens (including phenoxy) is 2. The van der Waals surface area contributed by atoms with Crippen LogP contribution in [0.25, 0.3) is 0 Å². The molecule has 0 aromatic heterocycles. The molecule has 11 nitrogen and oxygen atoms in total. The van der Waals surface area contributed by atoms with Crippen molar-refractivity contribution in [2.75, 3.05) is 13.2 Å². The van der Waals surface area contributed by atoms with E-state index in [0.29, 0.717) is 19.3 Å². The van der Waals surface area contributed by atoms with E-state index in [1.54, 1.807) is 0 Å². The van der Waals surface area contributed by atoms with Crippen LogP contribution in [0.4, 0.5) is 0 Å². The summed E-state index contributed by atoms with van der Waals surface area (Å²) in [4.78, 5) is 13.2. The zero-order valence-electron chi connectivity index (χ0n) is 44.8. The maximum absolute atomic E-state index is 13.2. The highest BCUT2D eigenvalue weighted by Crippen LogP contribution is 2.24. The Hall–Kier alpha value is -1.15. The second-order valence-corrected chi connectivity index (χ2v) is 21.1. The van der Waals surface area contributed by atoms with Crippen LogP contribution in [-0.2, 0) is 14.3 Å². The molecule has 0 aromatic carbocycles. The number of unbranched alkanes of at least 4 members (excludes halogenated alkanes) is 37. The lowest BCUT2D eigenvalue weighted by Crippen LogP contribution is -2.60. The fraction of sp³-hybridized carbons (Fsp3) is 0.948. The van der Waals surface area contributed by atoms with Crippen LogP contribution in [0.15, 0.2) is 12.2 Å². The van der Waals surface area contributed by atoms with Crippen LogP contribution in [0.2, 0.25) is 0 Å². The number of amides is 1. The van der Waals surface area contributed by atoms with Crippen LogP contribution < -0.4 is 5.32 Å². The summed E-state index contributed by atoms with van der Waals surface area (Å²) >= 11 is 0. The van der Waals surface area contributed by atoms with Gasteiger partial charge in [-0.1, -0.05) is 257 Å². The van der Waals surface area contributed by atoms with Crippen molar-refractivity contribution in [2.24, 2.45) is 0 Å². The number of hydrogen-bond donors (Lipinski definition) is 8. The number of carbonyl (C=O) groups excluding carboxylic acids is 1. The number of carbonyl (C=O) groups is 1. The minimum atomic E-state index is -1.66. The van der Waals surface area contributed by atoms with Crippen molar-refractivity contribution in [3.05, 3.63) is 12.2 Å². The van der Waals surface area contributed by atoms with Gasteiger partial charge in [0.15, 0.2) is 6.29 Å². The number of aliphatic hydroxyl groups is 7.